The summed E-state index contributed by atoms with van der Waals surface area (Å²) < 4.78 is 49.6. The highest BCUT2D eigenvalue weighted by molar-refractivity contribution is 7.92. The quantitative estimate of drug-likeness (QED) is 0.228. The zero-order valence-corrected chi connectivity index (χ0v) is 21.5. The van der Waals surface area contributed by atoms with Crippen molar-refractivity contribution in [1.29, 1.82) is 0 Å². The van der Waals surface area contributed by atoms with E-state index in [2.05, 4.69) is 10.0 Å². The van der Waals surface area contributed by atoms with E-state index in [1.807, 2.05) is 0 Å². The number of nitrogens with two attached hydrogens (primary N) is 2. The van der Waals surface area contributed by atoms with Gasteiger partial charge >= 0.3 is 0 Å². The molecule has 11 nitrogen and oxygen atoms in total. The van der Waals surface area contributed by atoms with Crippen LogP contribution in [0.2, 0.25) is 0 Å². The van der Waals surface area contributed by atoms with E-state index in [0.717, 1.165) is 0 Å². The summed E-state index contributed by atoms with van der Waals surface area (Å²) in [4.78, 5) is 12.5. The van der Waals surface area contributed by atoms with Crippen LogP contribution in [0, 0.1) is 0 Å². The number of hydrogen-bond donors (Lipinski definition) is 4. The molecule has 0 aliphatic heterocycles. The van der Waals surface area contributed by atoms with Gasteiger partial charge < -0.3 is 35.7 Å². The molecule has 0 aromatic heterocycles. The molecule has 6 N–H and O–H groups in total. The number of nitrogens with one attached hydrogen (secondary N) is 2. The number of benzene rings is 3. The Balaban J connectivity index is 1.85. The SMILES string of the molecule is COc1cc(OC)c(/C=C/C(=O)Nc2ccc(OC)c(NS(=O)(=O)c3ccc(N)cc3N)c2)c(OC)c1. The maximum Gasteiger partial charge on any atom is 0.264 e. The average Bonchev–Trinajstić information content (AvgIpc) is 2.86. The van der Waals surface area contributed by atoms with Gasteiger partial charge in [0.2, 0.25) is 5.91 Å². The molecule has 3 aromatic rings. The van der Waals surface area contributed by atoms with E-state index in [1.165, 1.54) is 70.9 Å². The smallest absolute Gasteiger partial charge is 0.264 e. The molecule has 1 amide bonds. The number of methoxy groups -OCH3 is 4. The van der Waals surface area contributed by atoms with Gasteiger partial charge in [0, 0.05) is 29.6 Å². The lowest BCUT2D eigenvalue weighted by molar-refractivity contribution is -0.111. The van der Waals surface area contributed by atoms with Crippen molar-refractivity contribution in [1.82, 2.24) is 0 Å². The number of amides is 1. The molecule has 3 rings (SSSR count). The monoisotopic (exact) mass is 528 g/mol. The van der Waals surface area contributed by atoms with Gasteiger partial charge in [-0.2, -0.15) is 0 Å². The molecule has 0 spiro atoms. The molecule has 0 fully saturated rings. The highest BCUT2D eigenvalue weighted by Crippen LogP contribution is 2.35. The Morgan fingerprint density at radius 3 is 2.05 bits per heavy atom. The van der Waals surface area contributed by atoms with Crippen molar-refractivity contribution in [2.45, 2.75) is 4.90 Å². The number of hydrogen-bond acceptors (Lipinski definition) is 9. The lowest BCUT2D eigenvalue weighted by Gasteiger charge is -2.15. The number of carbonyl (C=O) groups excluding carboxylic acids is 1. The summed E-state index contributed by atoms with van der Waals surface area (Å²) in [5.41, 5.74) is 12.8. The minimum absolute atomic E-state index is 0.00884. The molecule has 3 aromatic carbocycles. The van der Waals surface area contributed by atoms with Crippen molar-refractivity contribution in [3.05, 3.63) is 60.2 Å². The summed E-state index contributed by atoms with van der Waals surface area (Å²) >= 11 is 0. The molecule has 196 valence electrons. The number of sulfonamides is 1. The van der Waals surface area contributed by atoms with Gasteiger partial charge in [-0.1, -0.05) is 0 Å². The van der Waals surface area contributed by atoms with Crippen molar-refractivity contribution in [2.75, 3.05) is 49.9 Å². The van der Waals surface area contributed by atoms with E-state index in [-0.39, 0.29) is 22.0 Å². The number of carbonyl (C=O) groups is 1. The normalized spacial score (nSPS) is 11.1. The Hall–Kier alpha value is -4.58. The average molecular weight is 529 g/mol. The molecular weight excluding hydrogens is 500 g/mol. The predicted octanol–water partition coefficient (Wildman–Crippen LogP) is 3.34. The van der Waals surface area contributed by atoms with Crippen molar-refractivity contribution in [2.24, 2.45) is 0 Å². The van der Waals surface area contributed by atoms with Gasteiger partial charge in [-0.3, -0.25) is 9.52 Å². The highest BCUT2D eigenvalue weighted by Gasteiger charge is 2.20. The predicted molar refractivity (Wildman–Crippen MR) is 143 cm³/mol. The maximum absolute atomic E-state index is 12.9. The lowest BCUT2D eigenvalue weighted by Crippen LogP contribution is -2.16. The summed E-state index contributed by atoms with van der Waals surface area (Å²) in [5.74, 6) is 1.18. The highest BCUT2D eigenvalue weighted by atomic mass is 32.2. The minimum atomic E-state index is -4.08. The Morgan fingerprint density at radius 2 is 1.49 bits per heavy atom. The summed E-state index contributed by atoms with van der Waals surface area (Å²) in [5, 5.41) is 2.68. The number of anilines is 4. The van der Waals surface area contributed by atoms with Crippen molar-refractivity contribution < 1.29 is 32.2 Å². The van der Waals surface area contributed by atoms with Crippen LogP contribution < -0.4 is 40.5 Å². The molecule has 0 aliphatic rings. The van der Waals surface area contributed by atoms with Gasteiger partial charge in [0.15, 0.2) is 0 Å². The Bertz CT molecular complexity index is 1410. The Kier molecular flexibility index (Phi) is 8.35. The van der Waals surface area contributed by atoms with Gasteiger partial charge in [0.05, 0.1) is 45.4 Å². The second kappa shape index (κ2) is 11.4. The molecule has 0 atom stereocenters. The summed E-state index contributed by atoms with van der Waals surface area (Å²) in [6.45, 7) is 0. The molecule has 0 aliphatic carbocycles. The fraction of sp³-hybridized carbons (Fsp3) is 0.160. The lowest BCUT2D eigenvalue weighted by atomic mass is 10.1. The van der Waals surface area contributed by atoms with E-state index >= 15 is 0 Å². The van der Waals surface area contributed by atoms with Crippen LogP contribution in [0.25, 0.3) is 6.08 Å². The summed E-state index contributed by atoms with van der Waals surface area (Å²) in [6.07, 6.45) is 2.82. The van der Waals surface area contributed by atoms with Crippen molar-refractivity contribution in [3.63, 3.8) is 0 Å². The molecule has 0 radical (unpaired) electrons. The molecule has 0 heterocycles. The molecular formula is C25H28N4O7S. The van der Waals surface area contributed by atoms with Crippen molar-refractivity contribution in [3.8, 4) is 23.0 Å². The van der Waals surface area contributed by atoms with Gasteiger partial charge in [-0.15, -0.1) is 0 Å². The first-order valence-corrected chi connectivity index (χ1v) is 12.2. The van der Waals surface area contributed by atoms with E-state index in [1.54, 1.807) is 18.2 Å². The third-order valence-electron chi connectivity index (χ3n) is 5.19. The van der Waals surface area contributed by atoms with Crippen LogP contribution in [0.4, 0.5) is 22.7 Å². The standard InChI is InChI=1S/C25H28N4O7S/c1-33-17-13-22(35-3)18(23(14-17)36-4)7-10-25(30)28-16-6-8-21(34-2)20(12-16)29-37(31,32)24-9-5-15(26)11-19(24)27/h5-14,29H,26-27H2,1-4H3,(H,28,30)/b10-7+. The van der Waals surface area contributed by atoms with Gasteiger partial charge in [-0.25, -0.2) is 8.42 Å². The first kappa shape index (κ1) is 27.0. The third kappa shape index (κ3) is 6.35. The first-order valence-electron chi connectivity index (χ1n) is 10.8. The van der Waals surface area contributed by atoms with Crippen LogP contribution in [0.1, 0.15) is 5.56 Å². The topological polar surface area (TPSA) is 164 Å². The van der Waals surface area contributed by atoms with E-state index in [9.17, 15) is 13.2 Å². The molecule has 0 bridgehead atoms. The van der Waals surface area contributed by atoms with Crippen LogP contribution >= 0.6 is 0 Å². The fourth-order valence-corrected chi connectivity index (χ4v) is 4.59. The maximum atomic E-state index is 12.9. The minimum Gasteiger partial charge on any atom is -0.496 e. The summed E-state index contributed by atoms with van der Waals surface area (Å²) in [7, 11) is 1.81. The second-order valence-electron chi connectivity index (χ2n) is 7.59. The van der Waals surface area contributed by atoms with Crippen LogP contribution in [0.3, 0.4) is 0 Å². The van der Waals surface area contributed by atoms with E-state index < -0.39 is 15.9 Å². The molecule has 0 saturated heterocycles. The van der Waals surface area contributed by atoms with Gasteiger partial charge in [0.25, 0.3) is 10.0 Å². The Morgan fingerprint density at radius 1 is 0.838 bits per heavy atom. The van der Waals surface area contributed by atoms with Crippen LogP contribution in [0.5, 0.6) is 23.0 Å². The van der Waals surface area contributed by atoms with Crippen LogP contribution in [-0.2, 0) is 14.8 Å². The van der Waals surface area contributed by atoms with Gasteiger partial charge in [-0.05, 0) is 42.5 Å². The molecule has 0 unspecified atom stereocenters. The summed E-state index contributed by atoms with van der Waals surface area (Å²) in [6, 6.07) is 11.9. The molecule has 0 saturated carbocycles. The largest absolute Gasteiger partial charge is 0.496 e. The number of ether oxygens (including phenoxy) is 4. The first-order chi connectivity index (χ1) is 17.6. The number of nitrogen functional groups attached to an aromatic ring is 2. The zero-order valence-electron chi connectivity index (χ0n) is 20.7. The van der Waals surface area contributed by atoms with Crippen molar-refractivity contribution >= 4 is 44.8 Å². The molecule has 12 heteroatoms. The van der Waals surface area contributed by atoms with E-state index in [0.29, 0.717) is 34.2 Å². The van der Waals surface area contributed by atoms with E-state index in [4.69, 9.17) is 30.4 Å². The van der Waals surface area contributed by atoms with Crippen LogP contribution in [-0.4, -0.2) is 42.8 Å². The fourth-order valence-electron chi connectivity index (χ4n) is 3.42. The third-order valence-corrected chi connectivity index (χ3v) is 6.63. The molecule has 37 heavy (non-hydrogen) atoms. The second-order valence-corrected chi connectivity index (χ2v) is 9.24. The van der Waals surface area contributed by atoms with Gasteiger partial charge in [0.1, 0.15) is 27.9 Å². The zero-order chi connectivity index (χ0) is 27.2. The van der Waals surface area contributed by atoms with Crippen LogP contribution in [0.15, 0.2) is 59.5 Å². The number of rotatable bonds is 10. The Labute approximate surface area is 215 Å².